The maximum absolute atomic E-state index is 12.1. The number of benzene rings is 2. The minimum Gasteiger partial charge on any atom is -0.293 e. The van der Waals surface area contributed by atoms with Crippen molar-refractivity contribution >= 4 is 29.1 Å². The maximum Gasteiger partial charge on any atom is 0.214 e. The van der Waals surface area contributed by atoms with E-state index in [2.05, 4.69) is 15.5 Å². The summed E-state index contributed by atoms with van der Waals surface area (Å²) >= 11 is 7.17. The third-order valence-electron chi connectivity index (χ3n) is 2.94. The molecule has 1 aromatic heterocycles. The molecule has 0 aliphatic heterocycles. The smallest absolute Gasteiger partial charge is 0.214 e. The highest BCUT2D eigenvalue weighted by Crippen LogP contribution is 2.20. The topological polar surface area (TPSA) is 60.7 Å². The average Bonchev–Trinajstić information content (AvgIpc) is 3.02. The number of nitrogens with zero attached hydrogens (tertiary/aromatic N) is 4. The van der Waals surface area contributed by atoms with Crippen molar-refractivity contribution in [2.75, 3.05) is 5.75 Å². The summed E-state index contributed by atoms with van der Waals surface area (Å²) in [6.45, 7) is 0. The van der Waals surface area contributed by atoms with Crippen molar-refractivity contribution in [2.45, 2.75) is 5.16 Å². The van der Waals surface area contributed by atoms with E-state index in [0.717, 1.165) is 5.69 Å². The Balaban J connectivity index is 1.73. The number of carbonyl (C=O) groups excluding carboxylic acids is 1. The second-order valence-electron chi connectivity index (χ2n) is 4.43. The zero-order chi connectivity index (χ0) is 15.4. The van der Waals surface area contributed by atoms with Gasteiger partial charge in [0.1, 0.15) is 0 Å². The largest absolute Gasteiger partial charge is 0.293 e. The first-order chi connectivity index (χ1) is 10.7. The molecular weight excluding hydrogens is 320 g/mol. The van der Waals surface area contributed by atoms with Crippen LogP contribution in [-0.4, -0.2) is 31.7 Å². The highest BCUT2D eigenvalue weighted by Gasteiger charge is 2.12. The number of halogens is 1. The fourth-order valence-corrected chi connectivity index (χ4v) is 2.76. The number of ketones is 1. The lowest BCUT2D eigenvalue weighted by Gasteiger charge is -2.04. The van der Waals surface area contributed by atoms with E-state index in [1.54, 1.807) is 28.9 Å². The number of carbonyl (C=O) groups is 1. The lowest BCUT2D eigenvalue weighted by Crippen LogP contribution is -2.04. The van der Waals surface area contributed by atoms with Gasteiger partial charge >= 0.3 is 0 Å². The SMILES string of the molecule is O=C(CSc1nnnn1-c1ccc(Cl)cc1)c1ccccc1. The predicted octanol–water partition coefficient (Wildman–Crippen LogP) is 3.29. The molecule has 0 radical (unpaired) electrons. The summed E-state index contributed by atoms with van der Waals surface area (Å²) in [4.78, 5) is 12.1. The summed E-state index contributed by atoms with van der Waals surface area (Å²) in [6.07, 6.45) is 0. The molecule has 0 aliphatic rings. The molecule has 22 heavy (non-hydrogen) atoms. The zero-order valence-corrected chi connectivity index (χ0v) is 13.0. The van der Waals surface area contributed by atoms with Gasteiger partial charge in [-0.3, -0.25) is 4.79 Å². The van der Waals surface area contributed by atoms with E-state index >= 15 is 0 Å². The van der Waals surface area contributed by atoms with Crippen LogP contribution in [0.15, 0.2) is 59.8 Å². The van der Waals surface area contributed by atoms with Gasteiger partial charge in [-0.1, -0.05) is 53.7 Å². The first kappa shape index (κ1) is 14.7. The van der Waals surface area contributed by atoms with Gasteiger partial charge in [-0.25, -0.2) is 0 Å². The van der Waals surface area contributed by atoms with Gasteiger partial charge in [0.05, 0.1) is 11.4 Å². The van der Waals surface area contributed by atoms with E-state index in [1.165, 1.54) is 11.8 Å². The summed E-state index contributed by atoms with van der Waals surface area (Å²) in [6, 6.07) is 16.3. The Morgan fingerprint density at radius 3 is 2.55 bits per heavy atom. The zero-order valence-electron chi connectivity index (χ0n) is 11.4. The number of Topliss-reactive ketones (excluding diaryl/α,β-unsaturated/α-hetero) is 1. The Hall–Kier alpha value is -2.18. The molecule has 0 atom stereocenters. The average molecular weight is 331 g/mol. The number of tetrazole rings is 1. The molecule has 110 valence electrons. The van der Waals surface area contributed by atoms with Gasteiger partial charge in [0.15, 0.2) is 5.78 Å². The fourth-order valence-electron chi connectivity index (χ4n) is 1.85. The first-order valence-electron chi connectivity index (χ1n) is 6.49. The van der Waals surface area contributed by atoms with E-state index in [0.29, 0.717) is 15.7 Å². The van der Waals surface area contributed by atoms with Crippen LogP contribution >= 0.6 is 23.4 Å². The maximum atomic E-state index is 12.1. The summed E-state index contributed by atoms with van der Waals surface area (Å²) in [5, 5.41) is 12.8. The van der Waals surface area contributed by atoms with Crippen molar-refractivity contribution in [3.8, 4) is 5.69 Å². The van der Waals surface area contributed by atoms with E-state index in [1.807, 2.05) is 30.3 Å². The van der Waals surface area contributed by atoms with E-state index in [-0.39, 0.29) is 11.5 Å². The standard InChI is InChI=1S/C15H11ClN4OS/c16-12-6-8-13(9-7-12)20-15(17-18-19-20)22-10-14(21)11-4-2-1-3-5-11/h1-9H,10H2. The van der Waals surface area contributed by atoms with Crippen LogP contribution in [0.3, 0.4) is 0 Å². The number of rotatable bonds is 5. The Labute approximate surface area is 136 Å². The highest BCUT2D eigenvalue weighted by atomic mass is 35.5. The lowest BCUT2D eigenvalue weighted by atomic mass is 10.2. The molecular formula is C15H11ClN4OS. The molecule has 0 aliphatic carbocycles. The molecule has 2 aromatic carbocycles. The molecule has 0 bridgehead atoms. The van der Waals surface area contributed by atoms with Crippen LogP contribution in [-0.2, 0) is 0 Å². The third kappa shape index (κ3) is 3.35. The molecule has 0 N–H and O–H groups in total. The van der Waals surface area contributed by atoms with Gasteiger partial charge in [0.25, 0.3) is 0 Å². The second kappa shape index (κ2) is 6.72. The van der Waals surface area contributed by atoms with Crippen LogP contribution in [0, 0.1) is 0 Å². The van der Waals surface area contributed by atoms with Gasteiger partial charge < -0.3 is 0 Å². The van der Waals surface area contributed by atoms with Crippen molar-refractivity contribution in [2.24, 2.45) is 0 Å². The molecule has 3 rings (SSSR count). The van der Waals surface area contributed by atoms with Crippen LogP contribution < -0.4 is 0 Å². The molecule has 0 amide bonds. The van der Waals surface area contributed by atoms with E-state index < -0.39 is 0 Å². The predicted molar refractivity (Wildman–Crippen MR) is 85.7 cm³/mol. The van der Waals surface area contributed by atoms with Crippen molar-refractivity contribution in [3.63, 3.8) is 0 Å². The Morgan fingerprint density at radius 2 is 1.82 bits per heavy atom. The van der Waals surface area contributed by atoms with Crippen LogP contribution in [0.1, 0.15) is 10.4 Å². The molecule has 0 saturated carbocycles. The van der Waals surface area contributed by atoms with Gasteiger partial charge in [0.2, 0.25) is 5.16 Å². The molecule has 0 saturated heterocycles. The van der Waals surface area contributed by atoms with Gasteiger partial charge in [0, 0.05) is 10.6 Å². The van der Waals surface area contributed by atoms with Crippen molar-refractivity contribution in [3.05, 3.63) is 65.2 Å². The Kier molecular flexibility index (Phi) is 4.50. The number of hydrogen-bond donors (Lipinski definition) is 0. The van der Waals surface area contributed by atoms with Crippen LogP contribution in [0.25, 0.3) is 5.69 Å². The van der Waals surface area contributed by atoms with Crippen LogP contribution in [0.4, 0.5) is 0 Å². The minimum absolute atomic E-state index is 0.0382. The van der Waals surface area contributed by atoms with Gasteiger partial charge in [-0.15, -0.1) is 5.10 Å². The fraction of sp³-hybridized carbons (Fsp3) is 0.0667. The summed E-state index contributed by atoms with van der Waals surface area (Å²) in [7, 11) is 0. The van der Waals surface area contributed by atoms with E-state index in [9.17, 15) is 4.79 Å². The first-order valence-corrected chi connectivity index (χ1v) is 7.86. The third-order valence-corrected chi connectivity index (χ3v) is 4.11. The van der Waals surface area contributed by atoms with Crippen molar-refractivity contribution in [1.82, 2.24) is 20.2 Å². The number of aromatic nitrogens is 4. The van der Waals surface area contributed by atoms with E-state index in [4.69, 9.17) is 11.6 Å². The monoisotopic (exact) mass is 330 g/mol. The van der Waals surface area contributed by atoms with Crippen molar-refractivity contribution in [1.29, 1.82) is 0 Å². The lowest BCUT2D eigenvalue weighted by molar-refractivity contribution is 0.102. The number of thioether (sulfide) groups is 1. The summed E-state index contributed by atoms with van der Waals surface area (Å²) in [5.74, 6) is 0.314. The molecule has 1 heterocycles. The molecule has 0 unspecified atom stereocenters. The van der Waals surface area contributed by atoms with Gasteiger partial charge in [-0.05, 0) is 34.7 Å². The molecule has 0 fully saturated rings. The Morgan fingerprint density at radius 1 is 1.09 bits per heavy atom. The van der Waals surface area contributed by atoms with Crippen LogP contribution in [0.2, 0.25) is 5.02 Å². The molecule has 0 spiro atoms. The highest BCUT2D eigenvalue weighted by molar-refractivity contribution is 7.99. The van der Waals surface area contributed by atoms with Crippen LogP contribution in [0.5, 0.6) is 0 Å². The molecule has 3 aromatic rings. The molecule has 7 heteroatoms. The minimum atomic E-state index is 0.0382. The molecule has 5 nitrogen and oxygen atoms in total. The normalized spacial score (nSPS) is 10.6. The van der Waals surface area contributed by atoms with Gasteiger partial charge in [-0.2, -0.15) is 4.68 Å². The summed E-state index contributed by atoms with van der Waals surface area (Å²) < 4.78 is 1.58. The number of hydrogen-bond acceptors (Lipinski definition) is 5. The quantitative estimate of drug-likeness (QED) is 0.530. The Bertz CT molecular complexity index is 774. The second-order valence-corrected chi connectivity index (χ2v) is 5.81. The summed E-state index contributed by atoms with van der Waals surface area (Å²) in [5.41, 5.74) is 1.48. The van der Waals surface area contributed by atoms with Crippen molar-refractivity contribution < 1.29 is 4.79 Å².